The Kier molecular flexibility index (Phi) is 8.33. The summed E-state index contributed by atoms with van der Waals surface area (Å²) in [6.07, 6.45) is 7.05. The molecule has 0 saturated carbocycles. The number of non-ortho nitro benzene ring substituents is 1. The standard InChI is InChI=1S/C28H38N4O4S/c1-5-20-10-6-7-14-31(20)17-24(33)30-27-25(22-13-12-18(28(2,3)4)15-23(22)37-27)26(34)29-19-9-8-11-21(16-19)32(35)36/h8-9,11,16,18,20H,5-7,10,12-15,17H2,1-4H3,(H,29,34)(H,30,33). The first-order chi connectivity index (χ1) is 17.6. The van der Waals surface area contributed by atoms with E-state index in [1.54, 1.807) is 12.1 Å². The predicted octanol–water partition coefficient (Wildman–Crippen LogP) is 6.26. The lowest BCUT2D eigenvalue weighted by atomic mass is 9.72. The van der Waals surface area contributed by atoms with Crippen molar-refractivity contribution in [1.82, 2.24) is 4.90 Å². The number of carbonyl (C=O) groups is 2. The van der Waals surface area contributed by atoms with Crippen LogP contribution in [0.15, 0.2) is 24.3 Å². The van der Waals surface area contributed by atoms with E-state index in [1.165, 1.54) is 29.9 Å². The molecule has 0 radical (unpaired) electrons. The van der Waals surface area contributed by atoms with Crippen molar-refractivity contribution in [2.75, 3.05) is 23.7 Å². The van der Waals surface area contributed by atoms with Crippen LogP contribution in [-0.4, -0.2) is 40.8 Å². The van der Waals surface area contributed by atoms with Crippen LogP contribution in [0.1, 0.15) is 80.6 Å². The second-order valence-electron chi connectivity index (χ2n) is 11.4. The molecule has 2 aromatic rings. The maximum absolute atomic E-state index is 13.6. The molecule has 4 rings (SSSR count). The minimum atomic E-state index is -0.482. The zero-order valence-corrected chi connectivity index (χ0v) is 23.1. The first-order valence-electron chi connectivity index (χ1n) is 13.3. The van der Waals surface area contributed by atoms with E-state index >= 15 is 0 Å². The number of rotatable bonds is 7. The molecule has 0 bridgehead atoms. The molecule has 1 aliphatic carbocycles. The lowest BCUT2D eigenvalue weighted by Gasteiger charge is -2.34. The Morgan fingerprint density at radius 1 is 1.19 bits per heavy atom. The summed E-state index contributed by atoms with van der Waals surface area (Å²) in [4.78, 5) is 40.9. The number of fused-ring (bicyclic) bond motifs is 1. The minimum Gasteiger partial charge on any atom is -0.322 e. The number of piperidine rings is 1. The summed E-state index contributed by atoms with van der Waals surface area (Å²) in [5, 5.41) is 17.7. The van der Waals surface area contributed by atoms with E-state index in [-0.39, 0.29) is 22.9 Å². The van der Waals surface area contributed by atoms with Crippen LogP contribution in [0.4, 0.5) is 16.4 Å². The van der Waals surface area contributed by atoms with Crippen LogP contribution >= 0.6 is 11.3 Å². The number of hydrogen-bond acceptors (Lipinski definition) is 6. The molecule has 2 amide bonds. The summed E-state index contributed by atoms with van der Waals surface area (Å²) in [6.45, 7) is 10.1. The minimum absolute atomic E-state index is 0.0845. The topological polar surface area (TPSA) is 105 Å². The SMILES string of the molecule is CCC1CCCCN1CC(=O)Nc1sc2c(c1C(=O)Nc1cccc([N+](=O)[O-])c1)CCC(C(C)(C)C)C2. The molecule has 200 valence electrons. The van der Waals surface area contributed by atoms with Gasteiger partial charge in [-0.1, -0.05) is 40.2 Å². The third-order valence-corrected chi connectivity index (χ3v) is 9.02. The van der Waals surface area contributed by atoms with Gasteiger partial charge in [0.15, 0.2) is 0 Å². The van der Waals surface area contributed by atoms with Crippen LogP contribution in [0.3, 0.4) is 0 Å². The highest BCUT2D eigenvalue weighted by Gasteiger charge is 2.34. The summed E-state index contributed by atoms with van der Waals surface area (Å²) in [6, 6.07) is 6.35. The fourth-order valence-electron chi connectivity index (χ4n) is 5.63. The van der Waals surface area contributed by atoms with Crippen LogP contribution in [0.25, 0.3) is 0 Å². The Balaban J connectivity index is 1.60. The summed E-state index contributed by atoms with van der Waals surface area (Å²) in [5.74, 6) is 0.0520. The Labute approximate surface area is 223 Å². The van der Waals surface area contributed by atoms with Crippen molar-refractivity contribution < 1.29 is 14.5 Å². The summed E-state index contributed by atoms with van der Waals surface area (Å²) < 4.78 is 0. The molecule has 2 N–H and O–H groups in total. The molecule has 2 aliphatic rings. The van der Waals surface area contributed by atoms with Gasteiger partial charge in [0.05, 0.1) is 17.0 Å². The number of nitro benzene ring substituents is 1. The number of likely N-dealkylation sites (tertiary alicyclic amines) is 1. The molecule has 2 heterocycles. The molecular weight excluding hydrogens is 488 g/mol. The van der Waals surface area contributed by atoms with Gasteiger partial charge in [0, 0.05) is 28.7 Å². The number of nitrogens with one attached hydrogen (secondary N) is 2. The lowest BCUT2D eigenvalue weighted by Crippen LogP contribution is -2.43. The van der Waals surface area contributed by atoms with Crippen molar-refractivity contribution in [2.45, 2.75) is 78.7 Å². The second-order valence-corrected chi connectivity index (χ2v) is 12.5. The van der Waals surface area contributed by atoms with Gasteiger partial charge in [0.1, 0.15) is 5.00 Å². The van der Waals surface area contributed by atoms with Crippen molar-refractivity contribution in [1.29, 1.82) is 0 Å². The molecule has 1 aromatic carbocycles. The second kappa shape index (κ2) is 11.3. The summed E-state index contributed by atoms with van der Waals surface area (Å²) in [7, 11) is 0. The average Bonchev–Trinajstić information content (AvgIpc) is 3.20. The predicted molar refractivity (Wildman–Crippen MR) is 148 cm³/mol. The fraction of sp³-hybridized carbons (Fsp3) is 0.571. The van der Waals surface area contributed by atoms with E-state index in [0.29, 0.717) is 34.8 Å². The fourth-order valence-corrected chi connectivity index (χ4v) is 6.97. The number of amides is 2. The van der Waals surface area contributed by atoms with Gasteiger partial charge in [-0.2, -0.15) is 0 Å². The number of anilines is 2. The molecule has 1 aliphatic heterocycles. The van der Waals surface area contributed by atoms with E-state index < -0.39 is 4.92 Å². The van der Waals surface area contributed by atoms with Crippen molar-refractivity contribution in [3.63, 3.8) is 0 Å². The van der Waals surface area contributed by atoms with Crippen LogP contribution < -0.4 is 10.6 Å². The monoisotopic (exact) mass is 526 g/mol. The van der Waals surface area contributed by atoms with Gasteiger partial charge in [-0.05, 0) is 68.0 Å². The van der Waals surface area contributed by atoms with E-state index in [9.17, 15) is 19.7 Å². The maximum atomic E-state index is 13.6. The van der Waals surface area contributed by atoms with Gasteiger partial charge in [0.2, 0.25) is 5.91 Å². The highest BCUT2D eigenvalue weighted by molar-refractivity contribution is 7.17. The molecular formula is C28H38N4O4S. The van der Waals surface area contributed by atoms with Crippen molar-refractivity contribution in [3.05, 3.63) is 50.4 Å². The van der Waals surface area contributed by atoms with Gasteiger partial charge in [-0.25, -0.2) is 0 Å². The van der Waals surface area contributed by atoms with Gasteiger partial charge >= 0.3 is 0 Å². The summed E-state index contributed by atoms with van der Waals surface area (Å²) >= 11 is 1.51. The van der Waals surface area contributed by atoms with Crippen molar-refractivity contribution in [2.24, 2.45) is 11.3 Å². The maximum Gasteiger partial charge on any atom is 0.271 e. The van der Waals surface area contributed by atoms with Gasteiger partial charge in [-0.3, -0.25) is 24.6 Å². The molecule has 1 saturated heterocycles. The van der Waals surface area contributed by atoms with Crippen LogP contribution in [0, 0.1) is 21.4 Å². The largest absolute Gasteiger partial charge is 0.322 e. The van der Waals surface area contributed by atoms with Crippen LogP contribution in [0.2, 0.25) is 0 Å². The molecule has 1 aromatic heterocycles. The van der Waals surface area contributed by atoms with Crippen molar-refractivity contribution >= 4 is 39.5 Å². The Morgan fingerprint density at radius 2 is 1.97 bits per heavy atom. The molecule has 2 unspecified atom stereocenters. The first kappa shape index (κ1) is 27.3. The van der Waals surface area contributed by atoms with Gasteiger partial charge in [0.25, 0.3) is 11.6 Å². The van der Waals surface area contributed by atoms with E-state index in [2.05, 4.69) is 43.2 Å². The van der Waals surface area contributed by atoms with Gasteiger partial charge < -0.3 is 10.6 Å². The Morgan fingerprint density at radius 3 is 2.68 bits per heavy atom. The number of thiophene rings is 1. The molecule has 2 atom stereocenters. The quantitative estimate of drug-likeness (QED) is 0.327. The highest BCUT2D eigenvalue weighted by Crippen LogP contribution is 2.44. The third-order valence-electron chi connectivity index (χ3n) is 7.85. The molecule has 1 fully saturated rings. The number of nitrogens with zero attached hydrogens (tertiary/aromatic N) is 2. The Hall–Kier alpha value is -2.78. The van der Waals surface area contributed by atoms with E-state index in [1.807, 2.05) is 0 Å². The molecule has 37 heavy (non-hydrogen) atoms. The van der Waals surface area contributed by atoms with Crippen LogP contribution in [-0.2, 0) is 17.6 Å². The van der Waals surface area contributed by atoms with E-state index in [0.717, 1.165) is 55.5 Å². The third kappa shape index (κ3) is 6.38. The zero-order chi connectivity index (χ0) is 26.7. The number of carbonyl (C=O) groups excluding carboxylic acids is 2. The van der Waals surface area contributed by atoms with Crippen molar-refractivity contribution in [3.8, 4) is 0 Å². The molecule has 8 nitrogen and oxygen atoms in total. The zero-order valence-electron chi connectivity index (χ0n) is 22.3. The first-order valence-corrected chi connectivity index (χ1v) is 14.1. The van der Waals surface area contributed by atoms with E-state index in [4.69, 9.17) is 0 Å². The number of nitro groups is 1. The highest BCUT2D eigenvalue weighted by atomic mass is 32.1. The average molecular weight is 527 g/mol. The lowest BCUT2D eigenvalue weighted by molar-refractivity contribution is -0.384. The van der Waals surface area contributed by atoms with Crippen LogP contribution in [0.5, 0.6) is 0 Å². The molecule has 9 heteroatoms. The Bertz CT molecular complexity index is 1170. The normalized spacial score (nSPS) is 20.2. The number of benzene rings is 1. The number of hydrogen-bond donors (Lipinski definition) is 2. The molecule has 0 spiro atoms. The summed E-state index contributed by atoms with van der Waals surface area (Å²) in [5.41, 5.74) is 1.92. The van der Waals surface area contributed by atoms with Gasteiger partial charge in [-0.15, -0.1) is 11.3 Å². The smallest absolute Gasteiger partial charge is 0.271 e.